The van der Waals surface area contributed by atoms with E-state index in [4.69, 9.17) is 0 Å². The van der Waals surface area contributed by atoms with E-state index in [-0.39, 0.29) is 18.4 Å². The number of nitrogens with one attached hydrogen (secondary N) is 1. The maximum Gasteiger partial charge on any atom is 0.252 e. The second-order valence-corrected chi connectivity index (χ2v) is 7.53. The highest BCUT2D eigenvalue weighted by Gasteiger charge is 2.31. The fourth-order valence-corrected chi connectivity index (χ4v) is 5.04. The molecule has 1 atom stereocenters. The van der Waals surface area contributed by atoms with Crippen LogP contribution in [0.4, 0.5) is 0 Å². The third-order valence-electron chi connectivity index (χ3n) is 2.99. The van der Waals surface area contributed by atoms with E-state index < -0.39 is 10.0 Å². The summed E-state index contributed by atoms with van der Waals surface area (Å²) in [6.07, 6.45) is 0.886. The van der Waals surface area contributed by atoms with E-state index in [1.54, 1.807) is 10.4 Å². The second-order valence-electron chi connectivity index (χ2n) is 4.24. The lowest BCUT2D eigenvalue weighted by Gasteiger charge is -2.32. The van der Waals surface area contributed by atoms with Crippen molar-refractivity contribution in [2.24, 2.45) is 0 Å². The van der Waals surface area contributed by atoms with Crippen molar-refractivity contribution in [1.82, 2.24) is 9.62 Å². The molecule has 1 aromatic rings. The molecule has 1 aliphatic heterocycles. The molecule has 0 amide bonds. The van der Waals surface area contributed by atoms with E-state index in [1.807, 2.05) is 19.9 Å². The lowest BCUT2D eigenvalue weighted by atomic mass is 10.3. The molecule has 1 aromatic heterocycles. The predicted molar refractivity (Wildman–Crippen MR) is 77.2 cm³/mol. The quantitative estimate of drug-likeness (QED) is 0.925. The molecule has 0 radical (unpaired) electrons. The van der Waals surface area contributed by atoms with Crippen molar-refractivity contribution in [2.75, 3.05) is 19.6 Å². The summed E-state index contributed by atoms with van der Waals surface area (Å²) in [6, 6.07) is 3.67. The first-order chi connectivity index (χ1) is 8.05. The third-order valence-corrected chi connectivity index (χ3v) is 6.70. The number of halogens is 1. The molecule has 2 rings (SSSR count). The lowest BCUT2D eigenvalue weighted by Crippen LogP contribution is -2.51. The highest BCUT2D eigenvalue weighted by molar-refractivity contribution is 7.91. The molecule has 0 saturated carbocycles. The van der Waals surface area contributed by atoms with Crippen LogP contribution >= 0.6 is 23.7 Å². The Bertz CT molecular complexity index is 487. The highest BCUT2D eigenvalue weighted by atomic mass is 35.5. The maximum absolute atomic E-state index is 12.4. The summed E-state index contributed by atoms with van der Waals surface area (Å²) in [5, 5.41) is 3.20. The number of aryl methyl sites for hydroxylation is 1. The summed E-state index contributed by atoms with van der Waals surface area (Å²) < 4.78 is 27.0. The van der Waals surface area contributed by atoms with Gasteiger partial charge in [0.15, 0.2) is 0 Å². The molecular formula is C11H19ClN2O2S2. The Morgan fingerprint density at radius 1 is 1.50 bits per heavy atom. The predicted octanol–water partition coefficient (Wildman–Crippen LogP) is 1.71. The van der Waals surface area contributed by atoms with Gasteiger partial charge in [0.2, 0.25) is 0 Å². The van der Waals surface area contributed by atoms with E-state index in [9.17, 15) is 8.42 Å². The number of hydrogen-bond donors (Lipinski definition) is 1. The average Bonchev–Trinajstić information content (AvgIpc) is 2.78. The lowest BCUT2D eigenvalue weighted by molar-refractivity contribution is 0.284. The van der Waals surface area contributed by atoms with Gasteiger partial charge in [-0.1, -0.05) is 6.92 Å². The van der Waals surface area contributed by atoms with Crippen LogP contribution in [0.1, 0.15) is 18.7 Å². The minimum atomic E-state index is -3.29. The maximum atomic E-state index is 12.4. The van der Waals surface area contributed by atoms with Crippen LogP contribution in [-0.4, -0.2) is 38.4 Å². The van der Waals surface area contributed by atoms with Gasteiger partial charge in [0.05, 0.1) is 0 Å². The molecule has 1 N–H and O–H groups in total. The monoisotopic (exact) mass is 310 g/mol. The van der Waals surface area contributed by atoms with Crippen molar-refractivity contribution in [3.05, 3.63) is 17.0 Å². The van der Waals surface area contributed by atoms with Crippen molar-refractivity contribution < 1.29 is 8.42 Å². The first-order valence-corrected chi connectivity index (χ1v) is 8.12. The zero-order valence-corrected chi connectivity index (χ0v) is 13.0. The largest absolute Gasteiger partial charge is 0.314 e. The molecule has 0 spiro atoms. The second kappa shape index (κ2) is 6.34. The zero-order valence-electron chi connectivity index (χ0n) is 10.5. The number of nitrogens with zero attached hydrogens (tertiary/aromatic N) is 1. The Morgan fingerprint density at radius 3 is 2.78 bits per heavy atom. The number of sulfonamides is 1. The van der Waals surface area contributed by atoms with E-state index >= 15 is 0 Å². The van der Waals surface area contributed by atoms with Crippen LogP contribution < -0.4 is 5.32 Å². The Hall–Kier alpha value is -0.140. The van der Waals surface area contributed by atoms with Gasteiger partial charge in [-0.05, 0) is 25.5 Å². The van der Waals surface area contributed by atoms with Crippen LogP contribution in [0.5, 0.6) is 0 Å². The van der Waals surface area contributed by atoms with Crippen molar-refractivity contribution in [3.8, 4) is 0 Å². The van der Waals surface area contributed by atoms with E-state index in [0.717, 1.165) is 24.4 Å². The number of thiophene rings is 1. The fraction of sp³-hybridized carbons (Fsp3) is 0.636. The van der Waals surface area contributed by atoms with Crippen LogP contribution in [0.15, 0.2) is 16.3 Å². The van der Waals surface area contributed by atoms with Gasteiger partial charge < -0.3 is 5.32 Å². The van der Waals surface area contributed by atoms with Crippen LogP contribution in [-0.2, 0) is 16.4 Å². The number of rotatable bonds is 3. The fourth-order valence-electron chi connectivity index (χ4n) is 1.98. The first-order valence-electron chi connectivity index (χ1n) is 5.87. The van der Waals surface area contributed by atoms with Crippen LogP contribution in [0.2, 0.25) is 0 Å². The Balaban J connectivity index is 0.00000162. The van der Waals surface area contributed by atoms with Gasteiger partial charge in [0, 0.05) is 30.6 Å². The SMILES string of the molecule is CCc1ccc(S(=O)(=O)N2CCNCC2C)s1.Cl. The van der Waals surface area contributed by atoms with Gasteiger partial charge in [0.25, 0.3) is 10.0 Å². The Labute approximate surface area is 119 Å². The molecule has 0 aromatic carbocycles. The van der Waals surface area contributed by atoms with Gasteiger partial charge >= 0.3 is 0 Å². The standard InChI is InChI=1S/C11H18N2O2S2.ClH/c1-3-10-4-5-11(16-10)17(14,15)13-7-6-12-8-9(13)2;/h4-5,9,12H,3,6-8H2,1-2H3;1H. The van der Waals surface area contributed by atoms with Crippen molar-refractivity contribution in [2.45, 2.75) is 30.5 Å². The molecule has 1 saturated heterocycles. The minimum absolute atomic E-state index is 0. The highest BCUT2D eigenvalue weighted by Crippen LogP contribution is 2.26. The zero-order chi connectivity index (χ0) is 12.5. The van der Waals surface area contributed by atoms with Crippen molar-refractivity contribution in [1.29, 1.82) is 0 Å². The topological polar surface area (TPSA) is 49.4 Å². The molecule has 18 heavy (non-hydrogen) atoms. The minimum Gasteiger partial charge on any atom is -0.314 e. The molecule has 4 nitrogen and oxygen atoms in total. The normalized spacial score (nSPS) is 21.6. The summed E-state index contributed by atoms with van der Waals surface area (Å²) in [4.78, 5) is 1.12. The van der Waals surface area contributed by atoms with Gasteiger partial charge in [0.1, 0.15) is 4.21 Å². The number of hydrogen-bond acceptors (Lipinski definition) is 4. The summed E-state index contributed by atoms with van der Waals surface area (Å²) in [5.41, 5.74) is 0. The van der Waals surface area contributed by atoms with Gasteiger partial charge in [-0.2, -0.15) is 4.31 Å². The molecule has 2 heterocycles. The smallest absolute Gasteiger partial charge is 0.252 e. The molecule has 1 fully saturated rings. The van der Waals surface area contributed by atoms with Crippen LogP contribution in [0.3, 0.4) is 0 Å². The molecule has 7 heteroatoms. The third kappa shape index (κ3) is 3.05. The van der Waals surface area contributed by atoms with Gasteiger partial charge in [-0.15, -0.1) is 23.7 Å². The molecule has 1 aliphatic rings. The molecule has 104 valence electrons. The summed E-state index contributed by atoms with van der Waals surface area (Å²) in [6.45, 7) is 6.00. The van der Waals surface area contributed by atoms with Gasteiger partial charge in [-0.25, -0.2) is 8.42 Å². The Morgan fingerprint density at radius 2 is 2.22 bits per heavy atom. The number of piperazine rings is 1. The first kappa shape index (κ1) is 15.9. The van der Waals surface area contributed by atoms with E-state index in [2.05, 4.69) is 5.32 Å². The molecule has 0 aliphatic carbocycles. The summed E-state index contributed by atoms with van der Waals surface area (Å²) in [7, 11) is -3.29. The molecule has 0 bridgehead atoms. The summed E-state index contributed by atoms with van der Waals surface area (Å²) in [5.74, 6) is 0. The average molecular weight is 311 g/mol. The molecule has 1 unspecified atom stereocenters. The summed E-state index contributed by atoms with van der Waals surface area (Å²) >= 11 is 1.39. The molecular weight excluding hydrogens is 292 g/mol. The van der Waals surface area contributed by atoms with E-state index in [1.165, 1.54) is 11.3 Å². The van der Waals surface area contributed by atoms with Crippen LogP contribution in [0.25, 0.3) is 0 Å². The van der Waals surface area contributed by atoms with Crippen molar-refractivity contribution >= 4 is 33.8 Å². The van der Waals surface area contributed by atoms with Gasteiger partial charge in [-0.3, -0.25) is 0 Å². The van der Waals surface area contributed by atoms with Crippen LogP contribution in [0, 0.1) is 0 Å². The Kier molecular flexibility index (Phi) is 5.61. The van der Waals surface area contributed by atoms with Crippen molar-refractivity contribution in [3.63, 3.8) is 0 Å². The van der Waals surface area contributed by atoms with E-state index in [0.29, 0.717) is 10.8 Å².